The Bertz CT molecular complexity index is 510. The van der Waals surface area contributed by atoms with Crippen LogP contribution in [0.5, 0.6) is 0 Å². The van der Waals surface area contributed by atoms with Crippen LogP contribution in [0, 0.1) is 5.41 Å². The molecule has 1 amide bonds. The highest BCUT2D eigenvalue weighted by atomic mass is 35.5. The van der Waals surface area contributed by atoms with E-state index in [0.717, 1.165) is 0 Å². The van der Waals surface area contributed by atoms with Gasteiger partial charge in [-0.1, -0.05) is 18.5 Å². The quantitative estimate of drug-likeness (QED) is 0.847. The Morgan fingerprint density at radius 3 is 2.58 bits per heavy atom. The van der Waals surface area contributed by atoms with Crippen molar-refractivity contribution in [3.05, 3.63) is 29.0 Å². The van der Waals surface area contributed by atoms with E-state index in [2.05, 4.69) is 4.98 Å². The molecule has 1 aromatic heterocycles. The summed E-state index contributed by atoms with van der Waals surface area (Å²) in [6, 6.07) is 1.61. The number of carbonyl (C=O) groups excluding carboxylic acids is 1. The number of likely N-dealkylation sites (tertiary alicyclic amines) is 1. The van der Waals surface area contributed by atoms with Crippen LogP contribution < -0.4 is 0 Å². The topological polar surface area (TPSA) is 70.5 Å². The average Bonchev–Trinajstić information content (AvgIpc) is 2.39. The molecule has 1 saturated heterocycles. The number of rotatable bonds is 2. The molecule has 5 nitrogen and oxygen atoms in total. The molecule has 0 spiro atoms. The maximum absolute atomic E-state index is 12.5. The number of piperidine rings is 1. The number of ketones is 1. The van der Waals surface area contributed by atoms with Gasteiger partial charge in [0.15, 0.2) is 5.78 Å². The van der Waals surface area contributed by atoms with Crippen LogP contribution in [-0.4, -0.2) is 40.0 Å². The first-order valence-electron chi connectivity index (χ1n) is 6.06. The molecule has 2 rings (SSSR count). The fourth-order valence-corrected chi connectivity index (χ4v) is 2.51. The Kier molecular flexibility index (Phi) is 3.75. The summed E-state index contributed by atoms with van der Waals surface area (Å²) >= 11 is 5.99. The van der Waals surface area contributed by atoms with E-state index >= 15 is 0 Å². The molecule has 1 aliphatic rings. The summed E-state index contributed by atoms with van der Waals surface area (Å²) in [5.41, 5.74) is -0.0975. The van der Waals surface area contributed by atoms with Gasteiger partial charge in [-0.2, -0.15) is 0 Å². The molecule has 19 heavy (non-hydrogen) atoms. The highest BCUT2D eigenvalue weighted by Crippen LogP contribution is 2.36. The molecule has 0 radical (unpaired) electrons. The van der Waals surface area contributed by atoms with E-state index < -0.39 is 11.5 Å². The van der Waals surface area contributed by atoms with Crippen molar-refractivity contribution in [2.24, 2.45) is 5.41 Å². The van der Waals surface area contributed by atoms with Crippen molar-refractivity contribution in [1.29, 1.82) is 0 Å². The van der Waals surface area contributed by atoms with Gasteiger partial charge < -0.3 is 10.0 Å². The van der Waals surface area contributed by atoms with Crippen LogP contribution in [0.3, 0.4) is 0 Å². The maximum Gasteiger partial charge on any atom is 0.407 e. The molecule has 102 valence electrons. The van der Waals surface area contributed by atoms with Gasteiger partial charge in [-0.3, -0.25) is 9.78 Å². The summed E-state index contributed by atoms with van der Waals surface area (Å²) in [4.78, 5) is 28.6. The van der Waals surface area contributed by atoms with Crippen molar-refractivity contribution in [1.82, 2.24) is 9.88 Å². The zero-order chi connectivity index (χ0) is 14.0. The fraction of sp³-hybridized carbons (Fsp3) is 0.462. The van der Waals surface area contributed by atoms with E-state index in [1.54, 1.807) is 6.07 Å². The number of Topliss-reactive ketones (excluding diaryl/α,β-unsaturated/α-hetero) is 1. The maximum atomic E-state index is 12.5. The normalized spacial score (nSPS) is 18.1. The molecule has 0 aromatic carbocycles. The van der Waals surface area contributed by atoms with Crippen LogP contribution in [-0.2, 0) is 0 Å². The number of halogens is 1. The third-order valence-electron chi connectivity index (χ3n) is 3.70. The van der Waals surface area contributed by atoms with Crippen molar-refractivity contribution < 1.29 is 14.7 Å². The van der Waals surface area contributed by atoms with Crippen LogP contribution in [0.2, 0.25) is 5.02 Å². The summed E-state index contributed by atoms with van der Waals surface area (Å²) in [5.74, 6) is -0.0371. The first kappa shape index (κ1) is 13.8. The zero-order valence-corrected chi connectivity index (χ0v) is 11.4. The molecule has 1 aliphatic heterocycles. The summed E-state index contributed by atoms with van der Waals surface area (Å²) in [6.45, 7) is 2.62. The number of carboxylic acid groups (broad SMARTS) is 1. The lowest BCUT2D eigenvalue weighted by Gasteiger charge is -2.37. The first-order valence-corrected chi connectivity index (χ1v) is 6.44. The smallest absolute Gasteiger partial charge is 0.407 e. The van der Waals surface area contributed by atoms with Crippen molar-refractivity contribution in [2.45, 2.75) is 19.8 Å². The third kappa shape index (κ3) is 2.71. The molecule has 1 N–H and O–H groups in total. The SMILES string of the molecule is CC1(C(=O)c2ccncc2Cl)CCN(C(=O)O)CC1. The van der Waals surface area contributed by atoms with Gasteiger partial charge in [-0.05, 0) is 18.9 Å². The van der Waals surface area contributed by atoms with E-state index in [-0.39, 0.29) is 5.78 Å². The molecule has 0 atom stereocenters. The van der Waals surface area contributed by atoms with Gasteiger partial charge in [-0.15, -0.1) is 0 Å². The highest BCUT2D eigenvalue weighted by Gasteiger charge is 2.39. The van der Waals surface area contributed by atoms with E-state index in [1.807, 2.05) is 6.92 Å². The zero-order valence-electron chi connectivity index (χ0n) is 10.6. The Labute approximate surface area is 116 Å². The predicted octanol–water partition coefficient (Wildman–Crippen LogP) is 2.70. The number of nitrogens with zero attached hydrogens (tertiary/aromatic N) is 2. The van der Waals surface area contributed by atoms with Gasteiger partial charge >= 0.3 is 6.09 Å². The predicted molar refractivity (Wildman–Crippen MR) is 70.5 cm³/mol. The molecule has 1 fully saturated rings. The van der Waals surface area contributed by atoms with Gasteiger partial charge in [0.25, 0.3) is 0 Å². The second kappa shape index (κ2) is 5.17. The van der Waals surface area contributed by atoms with Gasteiger partial charge in [0.05, 0.1) is 5.02 Å². The second-order valence-electron chi connectivity index (χ2n) is 5.01. The molecule has 0 aliphatic carbocycles. The molecule has 6 heteroatoms. The fourth-order valence-electron chi connectivity index (χ4n) is 2.30. The highest BCUT2D eigenvalue weighted by molar-refractivity contribution is 6.34. The van der Waals surface area contributed by atoms with E-state index in [1.165, 1.54) is 17.3 Å². The van der Waals surface area contributed by atoms with Crippen molar-refractivity contribution >= 4 is 23.5 Å². The lowest BCUT2D eigenvalue weighted by molar-refractivity contribution is 0.0631. The van der Waals surface area contributed by atoms with Gasteiger partial charge in [0.2, 0.25) is 0 Å². The Morgan fingerprint density at radius 1 is 1.42 bits per heavy atom. The molecule has 0 bridgehead atoms. The standard InChI is InChI=1S/C13H15ClN2O3/c1-13(3-6-16(7-4-13)12(18)19)11(17)9-2-5-15-8-10(9)14/h2,5,8H,3-4,6-7H2,1H3,(H,18,19). The molecule has 1 aromatic rings. The molecule has 2 heterocycles. The van der Waals surface area contributed by atoms with Crippen molar-refractivity contribution in [3.8, 4) is 0 Å². The Hall–Kier alpha value is -1.62. The minimum atomic E-state index is -0.934. The molecular weight excluding hydrogens is 268 g/mol. The largest absolute Gasteiger partial charge is 0.465 e. The number of amides is 1. The van der Waals surface area contributed by atoms with E-state index in [4.69, 9.17) is 16.7 Å². The van der Waals surface area contributed by atoms with Gasteiger partial charge in [0, 0.05) is 36.5 Å². The Morgan fingerprint density at radius 2 is 2.05 bits per heavy atom. The van der Waals surface area contributed by atoms with Gasteiger partial charge in [0.1, 0.15) is 0 Å². The van der Waals surface area contributed by atoms with Crippen LogP contribution in [0.1, 0.15) is 30.1 Å². The van der Waals surface area contributed by atoms with Crippen LogP contribution >= 0.6 is 11.6 Å². The van der Waals surface area contributed by atoms with Crippen LogP contribution in [0.4, 0.5) is 4.79 Å². The van der Waals surface area contributed by atoms with E-state index in [0.29, 0.717) is 36.5 Å². The molecule has 0 unspecified atom stereocenters. The average molecular weight is 283 g/mol. The van der Waals surface area contributed by atoms with Gasteiger partial charge in [-0.25, -0.2) is 4.79 Å². The summed E-state index contributed by atoms with van der Waals surface area (Å²) in [6.07, 6.45) is 3.07. The minimum absolute atomic E-state index is 0.0371. The minimum Gasteiger partial charge on any atom is -0.465 e. The Balaban J connectivity index is 2.16. The lowest BCUT2D eigenvalue weighted by atomic mass is 9.74. The van der Waals surface area contributed by atoms with Crippen molar-refractivity contribution in [2.75, 3.05) is 13.1 Å². The summed E-state index contributed by atoms with van der Waals surface area (Å²) in [7, 11) is 0. The number of pyridine rings is 1. The second-order valence-corrected chi connectivity index (χ2v) is 5.42. The van der Waals surface area contributed by atoms with Crippen LogP contribution in [0.25, 0.3) is 0 Å². The monoisotopic (exact) mass is 282 g/mol. The summed E-state index contributed by atoms with van der Waals surface area (Å²) in [5, 5.41) is 9.26. The number of aromatic nitrogens is 1. The van der Waals surface area contributed by atoms with E-state index in [9.17, 15) is 9.59 Å². The number of carbonyl (C=O) groups is 2. The third-order valence-corrected chi connectivity index (χ3v) is 4.00. The number of hydrogen-bond acceptors (Lipinski definition) is 3. The first-order chi connectivity index (χ1) is 8.94. The lowest BCUT2D eigenvalue weighted by Crippen LogP contribution is -2.44. The molecular formula is C13H15ClN2O3. The summed E-state index contributed by atoms with van der Waals surface area (Å²) < 4.78 is 0. The van der Waals surface area contributed by atoms with Crippen molar-refractivity contribution in [3.63, 3.8) is 0 Å². The molecule has 0 saturated carbocycles. The number of hydrogen-bond donors (Lipinski definition) is 1. The van der Waals surface area contributed by atoms with Crippen LogP contribution in [0.15, 0.2) is 18.5 Å².